The smallest absolute Gasteiger partial charge is 0.135 e. The van der Waals surface area contributed by atoms with Crippen LogP contribution in [0.3, 0.4) is 0 Å². The van der Waals surface area contributed by atoms with Crippen LogP contribution in [0.4, 0.5) is 0 Å². The largest absolute Gasteiger partial charge is 0.382 e. The fourth-order valence-corrected chi connectivity index (χ4v) is 2.88. The molecule has 1 aromatic carbocycles. The molecular formula is C21H30N2O. The highest BCUT2D eigenvalue weighted by Crippen LogP contribution is 2.20. The van der Waals surface area contributed by atoms with Gasteiger partial charge in [-0.2, -0.15) is 0 Å². The van der Waals surface area contributed by atoms with Crippen LogP contribution in [0, 0.1) is 5.92 Å². The highest BCUT2D eigenvalue weighted by Gasteiger charge is 2.22. The summed E-state index contributed by atoms with van der Waals surface area (Å²) >= 11 is 0. The number of nitrogens with zero attached hydrogens (tertiary/aromatic N) is 2. The molecule has 3 nitrogen and oxygen atoms in total. The van der Waals surface area contributed by atoms with Crippen LogP contribution < -0.4 is 0 Å². The van der Waals surface area contributed by atoms with Crippen LogP contribution >= 0.6 is 0 Å². The van der Waals surface area contributed by atoms with Crippen LogP contribution in [-0.4, -0.2) is 36.5 Å². The summed E-state index contributed by atoms with van der Waals surface area (Å²) in [5.41, 5.74) is 1.15. The van der Waals surface area contributed by atoms with Crippen molar-refractivity contribution in [2.45, 2.75) is 45.7 Å². The summed E-state index contributed by atoms with van der Waals surface area (Å²) in [4.78, 5) is 7.43. The van der Waals surface area contributed by atoms with Gasteiger partial charge in [0, 0.05) is 18.9 Å². The normalized spacial score (nSPS) is 19.1. The predicted molar refractivity (Wildman–Crippen MR) is 102 cm³/mol. The maximum Gasteiger partial charge on any atom is 0.135 e. The van der Waals surface area contributed by atoms with Gasteiger partial charge >= 0.3 is 0 Å². The Morgan fingerprint density at radius 2 is 1.96 bits per heavy atom. The summed E-state index contributed by atoms with van der Waals surface area (Å²) in [7, 11) is 1.75. The van der Waals surface area contributed by atoms with Gasteiger partial charge in [0.1, 0.15) is 5.84 Å². The summed E-state index contributed by atoms with van der Waals surface area (Å²) in [6.45, 7) is 7.27. The van der Waals surface area contributed by atoms with Crippen molar-refractivity contribution in [3.63, 3.8) is 0 Å². The maximum absolute atomic E-state index is 5.41. The number of rotatable bonds is 7. The fraction of sp³-hybridized carbons (Fsp3) is 0.476. The Morgan fingerprint density at radius 1 is 1.21 bits per heavy atom. The number of ether oxygens (including phenoxy) is 1. The van der Waals surface area contributed by atoms with Gasteiger partial charge in [-0.15, -0.1) is 0 Å². The summed E-state index contributed by atoms with van der Waals surface area (Å²) in [5.74, 6) is 1.46. The fourth-order valence-electron chi connectivity index (χ4n) is 2.88. The van der Waals surface area contributed by atoms with Gasteiger partial charge in [-0.1, -0.05) is 69.7 Å². The summed E-state index contributed by atoms with van der Waals surface area (Å²) in [6.07, 6.45) is 10.9. The zero-order valence-corrected chi connectivity index (χ0v) is 15.4. The number of hydrogen-bond acceptors (Lipinski definition) is 2. The number of allylic oxidation sites excluding steroid dienone is 2. The first-order valence-corrected chi connectivity index (χ1v) is 8.92. The molecule has 0 spiro atoms. The van der Waals surface area contributed by atoms with Crippen molar-refractivity contribution in [2.75, 3.05) is 13.7 Å². The van der Waals surface area contributed by atoms with Crippen LogP contribution in [0.25, 0.3) is 0 Å². The van der Waals surface area contributed by atoms with Gasteiger partial charge in [0.25, 0.3) is 0 Å². The summed E-state index contributed by atoms with van der Waals surface area (Å²) < 4.78 is 5.41. The van der Waals surface area contributed by atoms with E-state index in [1.165, 1.54) is 0 Å². The molecule has 0 radical (unpaired) electrons. The Balaban J connectivity index is 2.42. The minimum absolute atomic E-state index is 0.145. The Labute approximate surface area is 146 Å². The molecule has 0 bridgehead atoms. The monoisotopic (exact) mass is 326 g/mol. The standard InChI is InChI=1S/C21H30N2O/c1-5-11-19-14-9-10-15-23(19)21(18-12-7-6-8-13-18)22-20(16-24-4)17(2)3/h6-10,12-15,17,19-20H,5,11,16H2,1-4H3/t19-,20-/m1/s1. The zero-order chi connectivity index (χ0) is 17.4. The van der Waals surface area contributed by atoms with E-state index in [4.69, 9.17) is 9.73 Å². The Kier molecular flexibility index (Phi) is 7.26. The molecule has 1 aliphatic rings. The zero-order valence-electron chi connectivity index (χ0n) is 15.4. The SMILES string of the molecule is CCC[C@@H]1C=CC=CN1C(=N[C@H](COC)C(C)C)c1ccccc1. The first kappa shape index (κ1) is 18.5. The molecule has 0 aliphatic carbocycles. The number of amidine groups is 1. The molecule has 1 aliphatic heterocycles. The van der Waals surface area contributed by atoms with E-state index >= 15 is 0 Å². The summed E-state index contributed by atoms with van der Waals surface area (Å²) in [6, 6.07) is 11.0. The van der Waals surface area contributed by atoms with Crippen molar-refractivity contribution < 1.29 is 4.74 Å². The van der Waals surface area contributed by atoms with Crippen LogP contribution in [0.5, 0.6) is 0 Å². The predicted octanol–water partition coefficient (Wildman–Crippen LogP) is 4.66. The third-order valence-corrected chi connectivity index (χ3v) is 4.30. The van der Waals surface area contributed by atoms with Crippen molar-refractivity contribution in [2.24, 2.45) is 10.9 Å². The van der Waals surface area contributed by atoms with E-state index in [1.807, 2.05) is 6.07 Å². The third-order valence-electron chi connectivity index (χ3n) is 4.30. The molecule has 3 heteroatoms. The highest BCUT2D eigenvalue weighted by molar-refractivity contribution is 6.00. The molecular weight excluding hydrogens is 296 g/mol. The van der Waals surface area contributed by atoms with Crippen molar-refractivity contribution in [3.05, 3.63) is 60.3 Å². The van der Waals surface area contributed by atoms with E-state index in [2.05, 4.69) is 74.4 Å². The second-order valence-electron chi connectivity index (χ2n) is 6.58. The first-order valence-electron chi connectivity index (χ1n) is 8.92. The van der Waals surface area contributed by atoms with Crippen LogP contribution in [0.15, 0.2) is 59.8 Å². The Hall–Kier alpha value is -1.87. The van der Waals surface area contributed by atoms with Crippen LogP contribution in [-0.2, 0) is 4.74 Å². The number of methoxy groups -OCH3 is 1. The lowest BCUT2D eigenvalue weighted by molar-refractivity contribution is 0.164. The molecule has 0 N–H and O–H groups in total. The lowest BCUT2D eigenvalue weighted by Crippen LogP contribution is -2.38. The molecule has 130 valence electrons. The Bertz CT molecular complexity index is 575. The quantitative estimate of drug-likeness (QED) is 0.538. The van der Waals surface area contributed by atoms with Crippen molar-refractivity contribution in [3.8, 4) is 0 Å². The number of benzene rings is 1. The molecule has 0 saturated heterocycles. The first-order chi connectivity index (χ1) is 11.7. The second-order valence-corrected chi connectivity index (χ2v) is 6.58. The average molecular weight is 326 g/mol. The lowest BCUT2D eigenvalue weighted by Gasteiger charge is -2.33. The van der Waals surface area contributed by atoms with E-state index in [9.17, 15) is 0 Å². The van der Waals surface area contributed by atoms with Crippen LogP contribution in [0.2, 0.25) is 0 Å². The van der Waals surface area contributed by atoms with Gasteiger partial charge < -0.3 is 9.64 Å². The highest BCUT2D eigenvalue weighted by atomic mass is 16.5. The molecule has 24 heavy (non-hydrogen) atoms. The molecule has 0 unspecified atom stereocenters. The maximum atomic E-state index is 5.41. The van der Waals surface area contributed by atoms with Gasteiger partial charge in [-0.05, 0) is 18.4 Å². The van der Waals surface area contributed by atoms with Crippen molar-refractivity contribution in [1.82, 2.24) is 4.90 Å². The molecule has 2 rings (SSSR count). The number of hydrogen-bond donors (Lipinski definition) is 0. The van der Waals surface area contributed by atoms with E-state index < -0.39 is 0 Å². The molecule has 0 aromatic heterocycles. The molecule has 0 fully saturated rings. The third kappa shape index (κ3) is 4.81. The average Bonchev–Trinajstić information content (AvgIpc) is 2.60. The van der Waals surface area contributed by atoms with E-state index in [0.29, 0.717) is 18.6 Å². The van der Waals surface area contributed by atoms with Gasteiger partial charge in [-0.25, -0.2) is 0 Å². The minimum atomic E-state index is 0.145. The van der Waals surface area contributed by atoms with E-state index in [1.54, 1.807) is 7.11 Å². The summed E-state index contributed by atoms with van der Waals surface area (Å²) in [5, 5.41) is 0. The van der Waals surface area contributed by atoms with E-state index in [0.717, 1.165) is 24.2 Å². The molecule has 2 atom stereocenters. The molecule has 1 aromatic rings. The lowest BCUT2D eigenvalue weighted by atomic mass is 10.0. The second kappa shape index (κ2) is 9.43. The molecule has 1 heterocycles. The van der Waals surface area contributed by atoms with Crippen molar-refractivity contribution in [1.29, 1.82) is 0 Å². The van der Waals surface area contributed by atoms with Gasteiger partial charge in [0.2, 0.25) is 0 Å². The minimum Gasteiger partial charge on any atom is -0.382 e. The van der Waals surface area contributed by atoms with Gasteiger partial charge in [-0.3, -0.25) is 4.99 Å². The van der Waals surface area contributed by atoms with Crippen molar-refractivity contribution >= 4 is 5.84 Å². The number of aliphatic imine (C=N–C) groups is 1. The van der Waals surface area contributed by atoms with Gasteiger partial charge in [0.15, 0.2) is 0 Å². The van der Waals surface area contributed by atoms with Gasteiger partial charge in [0.05, 0.1) is 18.7 Å². The topological polar surface area (TPSA) is 24.8 Å². The molecule has 0 saturated carbocycles. The van der Waals surface area contributed by atoms with Crippen LogP contribution in [0.1, 0.15) is 39.2 Å². The molecule has 0 amide bonds. The van der Waals surface area contributed by atoms with E-state index in [-0.39, 0.29) is 6.04 Å². The Morgan fingerprint density at radius 3 is 2.58 bits per heavy atom.